The van der Waals surface area contributed by atoms with E-state index in [0.717, 1.165) is 0 Å². The standard InChI is InChI=1S/C10H16N4O4/c1-10(2,15)5-13(3)8-7(14(16)17)9(18-4)12-6-11-8/h6,15H,5H2,1-4H3. The number of aliphatic hydroxyl groups is 1. The SMILES string of the molecule is COc1ncnc(N(C)CC(C)(C)O)c1[N+](=O)[O-]. The van der Waals surface area contributed by atoms with Gasteiger partial charge in [0.25, 0.3) is 5.88 Å². The summed E-state index contributed by atoms with van der Waals surface area (Å²) in [6.45, 7) is 3.40. The Bertz CT molecular complexity index is 444. The third-order valence-corrected chi connectivity index (χ3v) is 2.13. The first-order valence-electron chi connectivity index (χ1n) is 5.23. The number of ether oxygens (including phenoxy) is 1. The number of anilines is 1. The summed E-state index contributed by atoms with van der Waals surface area (Å²) in [5.74, 6) is 0.00145. The quantitative estimate of drug-likeness (QED) is 0.608. The molecule has 0 amide bonds. The molecule has 0 radical (unpaired) electrons. The molecule has 1 heterocycles. The molecule has 0 spiro atoms. The molecule has 0 saturated carbocycles. The van der Waals surface area contributed by atoms with Crippen molar-refractivity contribution in [3.8, 4) is 5.88 Å². The molecule has 100 valence electrons. The van der Waals surface area contributed by atoms with Gasteiger partial charge in [0.15, 0.2) is 0 Å². The summed E-state index contributed by atoms with van der Waals surface area (Å²) in [6, 6.07) is 0. The van der Waals surface area contributed by atoms with E-state index in [1.807, 2.05) is 0 Å². The van der Waals surface area contributed by atoms with Gasteiger partial charge in [-0.2, -0.15) is 4.98 Å². The summed E-state index contributed by atoms with van der Waals surface area (Å²) in [6.07, 6.45) is 1.18. The zero-order valence-corrected chi connectivity index (χ0v) is 10.7. The van der Waals surface area contributed by atoms with E-state index in [2.05, 4.69) is 9.97 Å². The van der Waals surface area contributed by atoms with Gasteiger partial charge in [-0.05, 0) is 13.8 Å². The van der Waals surface area contributed by atoms with Crippen LogP contribution in [0.3, 0.4) is 0 Å². The van der Waals surface area contributed by atoms with Crippen LogP contribution in [0.5, 0.6) is 5.88 Å². The van der Waals surface area contributed by atoms with Crippen LogP contribution >= 0.6 is 0 Å². The van der Waals surface area contributed by atoms with Crippen molar-refractivity contribution in [3.05, 3.63) is 16.4 Å². The van der Waals surface area contributed by atoms with E-state index in [1.54, 1.807) is 20.9 Å². The number of hydrogen-bond acceptors (Lipinski definition) is 7. The molecule has 0 aliphatic heterocycles. The zero-order chi connectivity index (χ0) is 13.9. The number of aromatic nitrogens is 2. The minimum absolute atomic E-state index is 0.104. The van der Waals surface area contributed by atoms with Gasteiger partial charge in [0, 0.05) is 13.6 Å². The van der Waals surface area contributed by atoms with Crippen molar-refractivity contribution < 1.29 is 14.8 Å². The van der Waals surface area contributed by atoms with Crippen LogP contribution in [-0.2, 0) is 0 Å². The van der Waals surface area contributed by atoms with Crippen LogP contribution in [0, 0.1) is 10.1 Å². The molecule has 1 N–H and O–H groups in total. The van der Waals surface area contributed by atoms with Gasteiger partial charge < -0.3 is 14.7 Å². The first-order valence-corrected chi connectivity index (χ1v) is 5.23. The highest BCUT2D eigenvalue weighted by Crippen LogP contribution is 2.32. The lowest BCUT2D eigenvalue weighted by molar-refractivity contribution is -0.385. The molecule has 8 nitrogen and oxygen atoms in total. The number of methoxy groups -OCH3 is 1. The van der Waals surface area contributed by atoms with Crippen LogP contribution < -0.4 is 9.64 Å². The average Bonchev–Trinajstić information content (AvgIpc) is 2.25. The van der Waals surface area contributed by atoms with E-state index < -0.39 is 10.5 Å². The lowest BCUT2D eigenvalue weighted by atomic mass is 10.1. The molecule has 1 aromatic rings. The first-order chi connectivity index (χ1) is 8.26. The molecule has 0 aliphatic rings. The van der Waals surface area contributed by atoms with E-state index in [1.165, 1.54) is 18.3 Å². The van der Waals surface area contributed by atoms with Crippen LogP contribution in [0.2, 0.25) is 0 Å². The summed E-state index contributed by atoms with van der Waals surface area (Å²) < 4.78 is 4.85. The van der Waals surface area contributed by atoms with Crippen molar-refractivity contribution in [1.29, 1.82) is 0 Å². The molecular weight excluding hydrogens is 240 g/mol. The third kappa shape index (κ3) is 3.27. The second-order valence-electron chi connectivity index (χ2n) is 4.48. The fourth-order valence-corrected chi connectivity index (χ4v) is 1.60. The molecule has 1 rings (SSSR count). The maximum Gasteiger partial charge on any atom is 0.372 e. The Morgan fingerprint density at radius 3 is 2.61 bits per heavy atom. The zero-order valence-electron chi connectivity index (χ0n) is 10.7. The van der Waals surface area contributed by atoms with E-state index in [4.69, 9.17) is 4.74 Å². The largest absolute Gasteiger partial charge is 0.476 e. The molecule has 8 heteroatoms. The molecule has 0 aromatic carbocycles. The normalized spacial score (nSPS) is 11.2. The fourth-order valence-electron chi connectivity index (χ4n) is 1.60. The number of rotatable bonds is 5. The van der Waals surface area contributed by atoms with E-state index >= 15 is 0 Å². The maximum absolute atomic E-state index is 11.0. The monoisotopic (exact) mass is 256 g/mol. The Morgan fingerprint density at radius 1 is 1.56 bits per heavy atom. The molecule has 0 atom stereocenters. The lowest BCUT2D eigenvalue weighted by Gasteiger charge is -2.25. The van der Waals surface area contributed by atoms with Gasteiger partial charge in [0.2, 0.25) is 5.82 Å². The Kier molecular flexibility index (Phi) is 4.02. The van der Waals surface area contributed by atoms with Gasteiger partial charge in [-0.3, -0.25) is 10.1 Å². The highest BCUT2D eigenvalue weighted by molar-refractivity contribution is 5.62. The van der Waals surface area contributed by atoms with Gasteiger partial charge in [-0.25, -0.2) is 4.98 Å². The highest BCUT2D eigenvalue weighted by Gasteiger charge is 2.28. The number of nitro groups is 1. The second kappa shape index (κ2) is 5.13. The second-order valence-corrected chi connectivity index (χ2v) is 4.48. The number of likely N-dealkylation sites (N-methyl/N-ethyl adjacent to an activating group) is 1. The van der Waals surface area contributed by atoms with Gasteiger partial charge in [-0.1, -0.05) is 0 Å². The molecule has 0 fully saturated rings. The summed E-state index contributed by atoms with van der Waals surface area (Å²) >= 11 is 0. The van der Waals surface area contributed by atoms with Gasteiger partial charge in [0.1, 0.15) is 6.33 Å². The van der Waals surface area contributed by atoms with E-state index in [-0.39, 0.29) is 23.9 Å². The average molecular weight is 256 g/mol. The number of hydrogen-bond donors (Lipinski definition) is 1. The first kappa shape index (κ1) is 14.1. The minimum Gasteiger partial charge on any atom is -0.476 e. The van der Waals surface area contributed by atoms with Crippen molar-refractivity contribution in [2.24, 2.45) is 0 Å². The van der Waals surface area contributed by atoms with Crippen molar-refractivity contribution in [3.63, 3.8) is 0 Å². The fraction of sp³-hybridized carbons (Fsp3) is 0.600. The topological polar surface area (TPSA) is 102 Å². The molecule has 0 saturated heterocycles. The van der Waals surface area contributed by atoms with Gasteiger partial charge in [-0.15, -0.1) is 0 Å². The van der Waals surface area contributed by atoms with E-state index in [9.17, 15) is 15.2 Å². The third-order valence-electron chi connectivity index (χ3n) is 2.13. The van der Waals surface area contributed by atoms with Crippen LogP contribution in [0.1, 0.15) is 13.8 Å². The molecule has 18 heavy (non-hydrogen) atoms. The summed E-state index contributed by atoms with van der Waals surface area (Å²) in [4.78, 5) is 19.5. The highest BCUT2D eigenvalue weighted by atomic mass is 16.6. The molecule has 0 unspecified atom stereocenters. The summed E-state index contributed by atoms with van der Waals surface area (Å²) in [5.41, 5.74) is -1.31. The minimum atomic E-state index is -0.999. The summed E-state index contributed by atoms with van der Waals surface area (Å²) in [7, 11) is 2.90. The Hall–Kier alpha value is -1.96. The summed E-state index contributed by atoms with van der Waals surface area (Å²) in [5, 5.41) is 20.7. The van der Waals surface area contributed by atoms with Crippen LogP contribution in [0.4, 0.5) is 11.5 Å². The van der Waals surface area contributed by atoms with Crippen LogP contribution in [0.15, 0.2) is 6.33 Å². The van der Waals surface area contributed by atoms with Gasteiger partial charge >= 0.3 is 5.69 Å². The Balaban J connectivity index is 3.19. The lowest BCUT2D eigenvalue weighted by Crippen LogP contribution is -2.37. The van der Waals surface area contributed by atoms with Crippen molar-refractivity contribution in [1.82, 2.24) is 9.97 Å². The van der Waals surface area contributed by atoms with E-state index in [0.29, 0.717) is 0 Å². The van der Waals surface area contributed by atoms with Crippen molar-refractivity contribution in [2.75, 3.05) is 25.6 Å². The smallest absolute Gasteiger partial charge is 0.372 e. The van der Waals surface area contributed by atoms with Crippen LogP contribution in [-0.4, -0.2) is 46.3 Å². The van der Waals surface area contributed by atoms with Gasteiger partial charge in [0.05, 0.1) is 17.6 Å². The van der Waals surface area contributed by atoms with Crippen molar-refractivity contribution >= 4 is 11.5 Å². The maximum atomic E-state index is 11.0. The molecule has 1 aromatic heterocycles. The number of nitrogens with zero attached hydrogens (tertiary/aromatic N) is 4. The van der Waals surface area contributed by atoms with Crippen molar-refractivity contribution in [2.45, 2.75) is 19.4 Å². The molecular formula is C10H16N4O4. The Labute approximate surface area is 104 Å². The van der Waals surface area contributed by atoms with Crippen LogP contribution in [0.25, 0.3) is 0 Å². The molecule has 0 aliphatic carbocycles. The Morgan fingerprint density at radius 2 is 2.17 bits per heavy atom. The molecule has 0 bridgehead atoms. The predicted molar refractivity (Wildman–Crippen MR) is 64.8 cm³/mol. The predicted octanol–water partition coefficient (Wildman–Crippen LogP) is 0.601.